The lowest BCUT2D eigenvalue weighted by atomic mass is 10.1. The normalized spacial score (nSPS) is 12.4. The zero-order chi connectivity index (χ0) is 22.8. The number of hydrogen-bond donors (Lipinski definition) is 1. The van der Waals surface area contributed by atoms with Gasteiger partial charge >= 0.3 is 0 Å². The van der Waals surface area contributed by atoms with Crippen molar-refractivity contribution in [2.24, 2.45) is 0 Å². The highest BCUT2D eigenvalue weighted by Gasteiger charge is 2.33. The van der Waals surface area contributed by atoms with E-state index in [2.05, 4.69) is 15.5 Å². The molecule has 0 radical (unpaired) electrons. The minimum atomic E-state index is -3.72. The quantitative estimate of drug-likeness (QED) is 0.533. The molecule has 0 bridgehead atoms. The summed E-state index contributed by atoms with van der Waals surface area (Å²) in [7, 11) is -3.72. The molecule has 2 aromatic carbocycles. The van der Waals surface area contributed by atoms with Gasteiger partial charge in [-0.1, -0.05) is 54.1 Å². The van der Waals surface area contributed by atoms with Crippen molar-refractivity contribution in [2.75, 3.05) is 15.9 Å². The number of aryl methyl sites for hydroxylation is 2. The molecule has 164 valence electrons. The van der Waals surface area contributed by atoms with Crippen LogP contribution in [0.3, 0.4) is 0 Å². The Hall–Kier alpha value is -2.49. The van der Waals surface area contributed by atoms with Crippen LogP contribution in [-0.4, -0.2) is 36.8 Å². The highest BCUT2D eigenvalue weighted by molar-refractivity contribution is 7.92. The summed E-state index contributed by atoms with van der Waals surface area (Å²) in [6.45, 7) is 5.47. The topological polar surface area (TPSA) is 92.3 Å². The van der Waals surface area contributed by atoms with Gasteiger partial charge in [0.1, 0.15) is 11.0 Å². The lowest BCUT2D eigenvalue weighted by molar-refractivity contribution is -0.117. The van der Waals surface area contributed by atoms with Crippen molar-refractivity contribution < 1.29 is 13.2 Å². The van der Waals surface area contributed by atoms with Crippen LogP contribution >= 0.6 is 22.9 Å². The summed E-state index contributed by atoms with van der Waals surface area (Å²) in [5.41, 5.74) is 2.98. The minimum Gasteiger partial charge on any atom is -0.299 e. The summed E-state index contributed by atoms with van der Waals surface area (Å²) in [5.74, 6) is -0.465. The van der Waals surface area contributed by atoms with E-state index < -0.39 is 22.0 Å². The largest absolute Gasteiger partial charge is 0.299 e. The van der Waals surface area contributed by atoms with Crippen molar-refractivity contribution in [3.05, 3.63) is 58.6 Å². The van der Waals surface area contributed by atoms with Crippen LogP contribution in [-0.2, 0) is 14.8 Å². The summed E-state index contributed by atoms with van der Waals surface area (Å²) in [6.07, 6.45) is 1.39. The van der Waals surface area contributed by atoms with E-state index in [-0.39, 0.29) is 6.42 Å². The number of nitrogens with one attached hydrogen (secondary N) is 1. The summed E-state index contributed by atoms with van der Waals surface area (Å²) in [6, 6.07) is 11.7. The second kappa shape index (κ2) is 9.33. The van der Waals surface area contributed by atoms with Crippen molar-refractivity contribution in [3.63, 3.8) is 0 Å². The first-order valence-electron chi connectivity index (χ1n) is 9.57. The van der Waals surface area contributed by atoms with Gasteiger partial charge in [0.25, 0.3) is 0 Å². The van der Waals surface area contributed by atoms with Gasteiger partial charge in [-0.3, -0.25) is 14.4 Å². The third kappa shape index (κ3) is 5.41. The molecule has 0 saturated carbocycles. The fourth-order valence-electron chi connectivity index (χ4n) is 3.16. The molecule has 0 saturated heterocycles. The van der Waals surface area contributed by atoms with Crippen LogP contribution in [0.5, 0.6) is 0 Å². The van der Waals surface area contributed by atoms with Crippen molar-refractivity contribution in [1.29, 1.82) is 0 Å². The van der Waals surface area contributed by atoms with E-state index >= 15 is 0 Å². The smallest absolute Gasteiger partial charge is 0.250 e. The fourth-order valence-corrected chi connectivity index (χ4v) is 5.30. The van der Waals surface area contributed by atoms with Crippen molar-refractivity contribution in [3.8, 4) is 10.6 Å². The first-order chi connectivity index (χ1) is 14.6. The highest BCUT2D eigenvalue weighted by atomic mass is 35.5. The Morgan fingerprint density at radius 3 is 2.45 bits per heavy atom. The van der Waals surface area contributed by atoms with Gasteiger partial charge in [0.2, 0.25) is 21.1 Å². The predicted molar refractivity (Wildman–Crippen MR) is 126 cm³/mol. The minimum absolute atomic E-state index is 0.287. The number of carbonyl (C=O) groups excluding carboxylic acids is 1. The maximum Gasteiger partial charge on any atom is 0.250 e. The molecule has 1 N–H and O–H groups in total. The third-order valence-electron chi connectivity index (χ3n) is 4.68. The zero-order valence-corrected chi connectivity index (χ0v) is 20.0. The molecule has 7 nitrogen and oxygen atoms in total. The van der Waals surface area contributed by atoms with Gasteiger partial charge in [-0.2, -0.15) is 0 Å². The van der Waals surface area contributed by atoms with E-state index in [9.17, 15) is 13.2 Å². The SMILES string of the molecule is CC[C@H](C(=O)Nc1nnc(-c2ccc(Cl)cc2)s1)N(c1cc(C)ccc1C)S(C)(=O)=O. The molecule has 3 aromatic rings. The number of amides is 1. The number of benzene rings is 2. The van der Waals surface area contributed by atoms with Crippen LogP contribution in [0.2, 0.25) is 5.02 Å². The Morgan fingerprint density at radius 1 is 1.16 bits per heavy atom. The highest BCUT2D eigenvalue weighted by Crippen LogP contribution is 2.30. The average Bonchev–Trinajstić information content (AvgIpc) is 3.16. The molecular formula is C21H23ClN4O3S2. The number of nitrogens with zero attached hydrogens (tertiary/aromatic N) is 3. The molecule has 0 fully saturated rings. The van der Waals surface area contributed by atoms with E-state index in [1.54, 1.807) is 25.1 Å². The van der Waals surface area contributed by atoms with Crippen LogP contribution in [0.15, 0.2) is 42.5 Å². The molecule has 0 unspecified atom stereocenters. The molecule has 1 atom stereocenters. The van der Waals surface area contributed by atoms with Crippen LogP contribution in [0.1, 0.15) is 24.5 Å². The Labute approximate surface area is 191 Å². The van der Waals surface area contributed by atoms with Crippen molar-refractivity contribution in [1.82, 2.24) is 10.2 Å². The van der Waals surface area contributed by atoms with E-state index in [1.165, 1.54) is 15.6 Å². The zero-order valence-electron chi connectivity index (χ0n) is 17.6. The molecule has 31 heavy (non-hydrogen) atoms. The van der Waals surface area contributed by atoms with E-state index in [0.717, 1.165) is 22.9 Å². The predicted octanol–water partition coefficient (Wildman–Crippen LogP) is 4.66. The summed E-state index contributed by atoms with van der Waals surface area (Å²) in [5, 5.41) is 12.4. The van der Waals surface area contributed by atoms with Crippen LogP contribution in [0, 0.1) is 13.8 Å². The van der Waals surface area contributed by atoms with E-state index in [0.29, 0.717) is 20.8 Å². The van der Waals surface area contributed by atoms with E-state index in [1.807, 2.05) is 38.1 Å². The van der Waals surface area contributed by atoms with Crippen LogP contribution in [0.4, 0.5) is 10.8 Å². The van der Waals surface area contributed by atoms with Gasteiger partial charge < -0.3 is 0 Å². The number of anilines is 2. The molecule has 1 amide bonds. The molecule has 1 aromatic heterocycles. The average molecular weight is 479 g/mol. The Balaban J connectivity index is 1.89. The molecule has 3 rings (SSSR count). The number of aromatic nitrogens is 2. The molecule has 0 aliphatic carbocycles. The molecule has 0 aliphatic heterocycles. The maximum atomic E-state index is 13.1. The number of rotatable bonds is 7. The monoisotopic (exact) mass is 478 g/mol. The van der Waals surface area contributed by atoms with Gasteiger partial charge in [0, 0.05) is 10.6 Å². The molecule has 0 aliphatic rings. The summed E-state index contributed by atoms with van der Waals surface area (Å²) < 4.78 is 26.5. The number of carbonyl (C=O) groups is 1. The van der Waals surface area contributed by atoms with Crippen LogP contribution < -0.4 is 9.62 Å². The Bertz CT molecular complexity index is 1190. The number of halogens is 1. The van der Waals surface area contributed by atoms with E-state index in [4.69, 9.17) is 11.6 Å². The first kappa shape index (κ1) is 23.2. The third-order valence-corrected chi connectivity index (χ3v) is 6.98. The lowest BCUT2D eigenvalue weighted by Gasteiger charge is -2.31. The van der Waals surface area contributed by atoms with Gasteiger partial charge in [0.15, 0.2) is 0 Å². The number of hydrogen-bond acceptors (Lipinski definition) is 6. The standard InChI is InChI=1S/C21H23ClN4O3S2/c1-5-17(26(31(4,28)29)18-12-13(2)6-7-14(18)3)19(27)23-21-25-24-20(30-21)15-8-10-16(22)11-9-15/h6-12,17H,5H2,1-4H3,(H,23,25,27)/t17-/m1/s1. The first-order valence-corrected chi connectivity index (χ1v) is 12.6. The van der Waals surface area contributed by atoms with Crippen molar-refractivity contribution in [2.45, 2.75) is 33.2 Å². The summed E-state index contributed by atoms with van der Waals surface area (Å²) in [4.78, 5) is 13.1. The second-order valence-corrected chi connectivity index (χ2v) is 10.5. The van der Waals surface area contributed by atoms with Crippen LogP contribution in [0.25, 0.3) is 10.6 Å². The lowest BCUT2D eigenvalue weighted by Crippen LogP contribution is -2.47. The van der Waals surface area contributed by atoms with Gasteiger partial charge in [0.05, 0.1) is 11.9 Å². The molecular weight excluding hydrogens is 456 g/mol. The van der Waals surface area contributed by atoms with Gasteiger partial charge in [-0.25, -0.2) is 8.42 Å². The Kier molecular flexibility index (Phi) is 6.98. The number of sulfonamides is 1. The second-order valence-electron chi connectivity index (χ2n) is 7.18. The van der Waals surface area contributed by atoms with Gasteiger partial charge in [-0.05, 0) is 49.6 Å². The van der Waals surface area contributed by atoms with Gasteiger partial charge in [-0.15, -0.1) is 10.2 Å². The maximum absolute atomic E-state index is 13.1. The van der Waals surface area contributed by atoms with Crippen molar-refractivity contribution >= 4 is 49.7 Å². The molecule has 1 heterocycles. The Morgan fingerprint density at radius 2 is 1.84 bits per heavy atom. The fraction of sp³-hybridized carbons (Fsp3) is 0.286. The summed E-state index contributed by atoms with van der Waals surface area (Å²) >= 11 is 7.12. The molecule has 10 heteroatoms. The molecule has 0 spiro atoms.